The minimum atomic E-state index is 0.856. The van der Waals surface area contributed by atoms with Gasteiger partial charge in [0.25, 0.3) is 0 Å². The summed E-state index contributed by atoms with van der Waals surface area (Å²) in [6, 6.07) is 10.8. The van der Waals surface area contributed by atoms with E-state index >= 15 is 0 Å². The van der Waals surface area contributed by atoms with Crippen LogP contribution in [-0.4, -0.2) is 31.7 Å². The number of nitrogens with zero attached hydrogens (tertiary/aromatic N) is 1. The second-order valence-electron chi connectivity index (χ2n) is 6.92. The van der Waals surface area contributed by atoms with Gasteiger partial charge in [0.15, 0.2) is 0 Å². The Labute approximate surface area is 131 Å². The summed E-state index contributed by atoms with van der Waals surface area (Å²) in [4.78, 5) is 0. The van der Waals surface area contributed by atoms with Crippen molar-refractivity contribution >= 4 is 0 Å². The molecule has 0 amide bonds. The van der Waals surface area contributed by atoms with Crippen molar-refractivity contribution in [3.8, 4) is 0 Å². The topological polar surface area (TPSA) is 26.0 Å². The lowest BCUT2D eigenvalue weighted by Crippen LogP contribution is -2.39. The van der Waals surface area contributed by atoms with E-state index in [1.807, 2.05) is 0 Å². The van der Waals surface area contributed by atoms with Crippen molar-refractivity contribution in [3.63, 3.8) is 0 Å². The molecule has 0 saturated carbocycles. The van der Waals surface area contributed by atoms with Crippen molar-refractivity contribution in [2.75, 3.05) is 27.2 Å². The summed E-state index contributed by atoms with van der Waals surface area (Å²) in [5.74, 6) is 0. The van der Waals surface area contributed by atoms with Crippen molar-refractivity contribution in [3.05, 3.63) is 35.9 Å². The number of rotatable bonds is 12. The number of unbranched alkanes of at least 4 members (excludes halogenated alkanes) is 7. The van der Waals surface area contributed by atoms with Gasteiger partial charge in [-0.1, -0.05) is 62.4 Å². The van der Waals surface area contributed by atoms with Crippen LogP contribution in [0.5, 0.6) is 0 Å². The lowest BCUT2D eigenvalue weighted by Gasteiger charge is -2.30. The molecule has 2 nitrogen and oxygen atoms in total. The first kappa shape index (κ1) is 18.2. The molecule has 0 aromatic heterocycles. The summed E-state index contributed by atoms with van der Waals surface area (Å²) in [5.41, 5.74) is 6.95. The smallest absolute Gasteiger partial charge is 0.104 e. The van der Waals surface area contributed by atoms with E-state index in [0.717, 1.165) is 17.6 Å². The number of hydrogen-bond donors (Lipinski definition) is 1. The largest absolute Gasteiger partial charge is 0.330 e. The van der Waals surface area contributed by atoms with Crippen LogP contribution < -0.4 is 5.73 Å². The molecule has 120 valence electrons. The highest BCUT2D eigenvalue weighted by Crippen LogP contribution is 2.13. The van der Waals surface area contributed by atoms with Crippen molar-refractivity contribution in [2.45, 2.75) is 57.9 Å². The second kappa shape index (κ2) is 10.8. The van der Waals surface area contributed by atoms with E-state index < -0.39 is 0 Å². The monoisotopic (exact) mass is 291 g/mol. The van der Waals surface area contributed by atoms with Gasteiger partial charge in [-0.25, -0.2) is 0 Å². The Balaban J connectivity index is 2.03. The first-order chi connectivity index (χ1) is 10.1. The zero-order valence-corrected chi connectivity index (χ0v) is 14.2. The number of nitrogens with two attached hydrogens (primary N) is 1. The molecule has 1 aromatic carbocycles. The van der Waals surface area contributed by atoms with Crippen molar-refractivity contribution < 1.29 is 4.48 Å². The first-order valence-electron chi connectivity index (χ1n) is 8.70. The maximum atomic E-state index is 5.50. The summed E-state index contributed by atoms with van der Waals surface area (Å²) < 4.78 is 1.10. The van der Waals surface area contributed by atoms with E-state index in [1.165, 1.54) is 63.5 Å². The summed E-state index contributed by atoms with van der Waals surface area (Å²) >= 11 is 0. The maximum absolute atomic E-state index is 5.50. The molecule has 0 heterocycles. The molecule has 0 fully saturated rings. The molecule has 0 aliphatic carbocycles. The summed E-state index contributed by atoms with van der Waals surface area (Å²) in [7, 11) is 4.69. The van der Waals surface area contributed by atoms with Gasteiger partial charge in [0.1, 0.15) is 6.54 Å². The molecule has 21 heavy (non-hydrogen) atoms. The van der Waals surface area contributed by atoms with Gasteiger partial charge in [0.05, 0.1) is 20.6 Å². The lowest BCUT2D eigenvalue weighted by molar-refractivity contribution is -0.903. The molecule has 0 aliphatic heterocycles. The Hall–Kier alpha value is -0.860. The number of hydrogen-bond acceptors (Lipinski definition) is 1. The third-order valence-corrected chi connectivity index (χ3v) is 4.17. The van der Waals surface area contributed by atoms with Crippen LogP contribution in [0.25, 0.3) is 0 Å². The maximum Gasteiger partial charge on any atom is 0.104 e. The minimum Gasteiger partial charge on any atom is -0.330 e. The Bertz CT molecular complexity index is 346. The van der Waals surface area contributed by atoms with Gasteiger partial charge >= 0.3 is 0 Å². The van der Waals surface area contributed by atoms with Gasteiger partial charge in [-0.05, 0) is 25.8 Å². The predicted octanol–water partition coefficient (Wildman–Crippen LogP) is 4.34. The predicted molar refractivity (Wildman–Crippen MR) is 93.1 cm³/mol. The second-order valence-corrected chi connectivity index (χ2v) is 6.92. The highest BCUT2D eigenvalue weighted by molar-refractivity contribution is 5.13. The Morgan fingerprint density at radius 1 is 0.762 bits per heavy atom. The fourth-order valence-electron chi connectivity index (χ4n) is 2.90. The van der Waals surface area contributed by atoms with Crippen LogP contribution >= 0.6 is 0 Å². The average molecular weight is 292 g/mol. The fraction of sp³-hybridized carbons (Fsp3) is 0.684. The summed E-state index contributed by atoms with van der Waals surface area (Å²) in [5, 5.41) is 0. The van der Waals surface area contributed by atoms with Gasteiger partial charge < -0.3 is 10.2 Å². The highest BCUT2D eigenvalue weighted by atomic mass is 15.3. The van der Waals surface area contributed by atoms with Crippen LogP contribution in [0.3, 0.4) is 0 Å². The first-order valence-corrected chi connectivity index (χ1v) is 8.70. The normalized spacial score (nSPS) is 11.8. The molecule has 0 atom stereocenters. The molecule has 0 bridgehead atoms. The van der Waals surface area contributed by atoms with Gasteiger partial charge in [0.2, 0.25) is 0 Å². The standard InChI is InChI=1S/C19H35N2/c1-21(2,18-19-14-10-9-11-15-19)17-13-8-6-4-3-5-7-12-16-20/h9-11,14-15H,3-8,12-13,16-18,20H2,1-2H3/q+1. The van der Waals surface area contributed by atoms with Crippen molar-refractivity contribution in [1.29, 1.82) is 0 Å². The molecule has 2 N–H and O–H groups in total. The fourth-order valence-corrected chi connectivity index (χ4v) is 2.90. The van der Waals surface area contributed by atoms with Gasteiger partial charge in [-0.3, -0.25) is 0 Å². The lowest BCUT2D eigenvalue weighted by atomic mass is 10.1. The quantitative estimate of drug-likeness (QED) is 0.450. The summed E-state index contributed by atoms with van der Waals surface area (Å²) in [6.07, 6.45) is 10.8. The highest BCUT2D eigenvalue weighted by Gasteiger charge is 2.14. The Morgan fingerprint density at radius 3 is 1.86 bits per heavy atom. The third kappa shape index (κ3) is 9.65. The van der Waals surface area contributed by atoms with Gasteiger partial charge in [-0.2, -0.15) is 0 Å². The number of benzene rings is 1. The minimum absolute atomic E-state index is 0.856. The Kier molecular flexibility index (Phi) is 9.36. The average Bonchev–Trinajstić information content (AvgIpc) is 2.46. The molecular formula is C19H35N2+. The molecule has 2 heteroatoms. The van der Waals surface area contributed by atoms with E-state index in [2.05, 4.69) is 44.4 Å². The van der Waals surface area contributed by atoms with Crippen molar-refractivity contribution in [2.24, 2.45) is 5.73 Å². The zero-order valence-electron chi connectivity index (χ0n) is 14.2. The zero-order chi connectivity index (χ0) is 15.4. The van der Waals surface area contributed by atoms with Crippen LogP contribution in [0.2, 0.25) is 0 Å². The molecule has 1 rings (SSSR count). The van der Waals surface area contributed by atoms with E-state index in [1.54, 1.807) is 0 Å². The Morgan fingerprint density at radius 2 is 1.29 bits per heavy atom. The SMILES string of the molecule is C[N+](C)(CCCCCCCCCCN)Cc1ccccc1. The molecule has 0 radical (unpaired) electrons. The molecular weight excluding hydrogens is 256 g/mol. The van der Waals surface area contributed by atoms with Crippen LogP contribution in [0.1, 0.15) is 56.9 Å². The van der Waals surface area contributed by atoms with E-state index in [9.17, 15) is 0 Å². The van der Waals surface area contributed by atoms with Gasteiger partial charge in [0, 0.05) is 5.56 Å². The van der Waals surface area contributed by atoms with Crippen LogP contribution in [0.15, 0.2) is 30.3 Å². The molecule has 0 unspecified atom stereocenters. The third-order valence-electron chi connectivity index (χ3n) is 4.17. The van der Waals surface area contributed by atoms with E-state index in [0.29, 0.717) is 0 Å². The summed E-state index contributed by atoms with van der Waals surface area (Å²) in [6.45, 7) is 3.27. The van der Waals surface area contributed by atoms with Crippen LogP contribution in [-0.2, 0) is 6.54 Å². The van der Waals surface area contributed by atoms with Gasteiger partial charge in [-0.15, -0.1) is 0 Å². The molecule has 0 aliphatic rings. The molecule has 1 aromatic rings. The van der Waals surface area contributed by atoms with E-state index in [4.69, 9.17) is 5.73 Å². The van der Waals surface area contributed by atoms with Crippen molar-refractivity contribution in [1.82, 2.24) is 0 Å². The number of quaternary nitrogens is 1. The molecule has 0 saturated heterocycles. The van der Waals surface area contributed by atoms with Crippen LogP contribution in [0.4, 0.5) is 0 Å². The molecule has 0 spiro atoms. The van der Waals surface area contributed by atoms with E-state index in [-0.39, 0.29) is 0 Å². The van der Waals surface area contributed by atoms with Crippen LogP contribution in [0, 0.1) is 0 Å².